The van der Waals surface area contributed by atoms with E-state index in [-0.39, 0.29) is 30.5 Å². The summed E-state index contributed by atoms with van der Waals surface area (Å²) in [6.45, 7) is 0.148. The van der Waals surface area contributed by atoms with E-state index < -0.39 is 23.9 Å². The fourth-order valence-corrected chi connectivity index (χ4v) is 3.81. The second-order valence-electron chi connectivity index (χ2n) is 7.41. The molecule has 1 amide bonds. The minimum Gasteiger partial charge on any atom is -0.508 e. The lowest BCUT2D eigenvalue weighted by Gasteiger charge is -2.49. The number of benzene rings is 3. The maximum absolute atomic E-state index is 13.3. The number of carbonyl (C=O) groups excluding carboxylic acids is 1. The van der Waals surface area contributed by atoms with Gasteiger partial charge in [0.15, 0.2) is 0 Å². The molecule has 31 heavy (non-hydrogen) atoms. The summed E-state index contributed by atoms with van der Waals surface area (Å²) in [5, 5.41) is 20.4. The van der Waals surface area contributed by atoms with Gasteiger partial charge in [-0.25, -0.2) is 8.78 Å². The number of β-lactam (4-membered cyclic amide) rings is 1. The van der Waals surface area contributed by atoms with Gasteiger partial charge in [0.25, 0.3) is 0 Å². The number of hydrogen-bond donors (Lipinski definition) is 2. The van der Waals surface area contributed by atoms with E-state index in [2.05, 4.69) is 0 Å². The van der Waals surface area contributed by atoms with Crippen molar-refractivity contribution < 1.29 is 28.5 Å². The highest BCUT2D eigenvalue weighted by Crippen LogP contribution is 2.45. The Morgan fingerprint density at radius 3 is 2.10 bits per heavy atom. The molecule has 0 aliphatic carbocycles. The van der Waals surface area contributed by atoms with Crippen LogP contribution in [0.2, 0.25) is 0 Å². The maximum atomic E-state index is 13.3. The molecule has 0 bridgehead atoms. The molecular weight excluding hydrogens is 404 g/mol. The molecule has 1 aliphatic heterocycles. The van der Waals surface area contributed by atoms with Crippen molar-refractivity contribution in [2.24, 2.45) is 5.92 Å². The first-order chi connectivity index (χ1) is 14.9. The minimum absolute atomic E-state index is 0.0903. The van der Waals surface area contributed by atoms with Gasteiger partial charge in [-0.2, -0.15) is 0 Å². The van der Waals surface area contributed by atoms with Crippen molar-refractivity contribution in [1.82, 2.24) is 0 Å². The zero-order valence-electron chi connectivity index (χ0n) is 16.5. The second-order valence-corrected chi connectivity index (χ2v) is 7.41. The number of amides is 1. The summed E-state index contributed by atoms with van der Waals surface area (Å²) in [7, 11) is 0. The Morgan fingerprint density at radius 1 is 0.903 bits per heavy atom. The number of hydrogen-bond acceptors (Lipinski definition) is 4. The summed E-state index contributed by atoms with van der Waals surface area (Å²) in [5.41, 5.74) is 1.26. The third kappa shape index (κ3) is 4.36. The van der Waals surface area contributed by atoms with Gasteiger partial charge in [-0.3, -0.25) is 4.79 Å². The van der Waals surface area contributed by atoms with E-state index in [1.54, 1.807) is 12.1 Å². The standard InChI is InChI=1S/C24H21F2NO4/c25-16-3-7-18(8-4-16)27-23(15-1-9-19(28)10-2-15)22(24(27)30)21(29)13-14-31-20-11-5-17(26)6-12-20/h1-12,21-23,28-29H,13-14H2/t21-,22-,23-/m1/s1. The highest BCUT2D eigenvalue weighted by atomic mass is 19.1. The van der Waals surface area contributed by atoms with E-state index in [1.807, 2.05) is 0 Å². The summed E-state index contributed by atoms with van der Waals surface area (Å²) < 4.78 is 31.9. The molecule has 2 N–H and O–H groups in total. The number of nitrogens with zero attached hydrogens (tertiary/aromatic N) is 1. The van der Waals surface area contributed by atoms with Crippen LogP contribution in [0, 0.1) is 17.6 Å². The maximum Gasteiger partial charge on any atom is 0.235 e. The van der Waals surface area contributed by atoms with Gasteiger partial charge in [-0.05, 0) is 66.2 Å². The molecule has 0 saturated carbocycles. The van der Waals surface area contributed by atoms with Crippen LogP contribution >= 0.6 is 0 Å². The predicted octanol–water partition coefficient (Wildman–Crippen LogP) is 4.20. The molecule has 3 aromatic rings. The number of ether oxygens (including phenoxy) is 1. The van der Waals surface area contributed by atoms with Crippen LogP contribution in [0.5, 0.6) is 11.5 Å². The van der Waals surface area contributed by atoms with Crippen molar-refractivity contribution in [2.45, 2.75) is 18.6 Å². The van der Waals surface area contributed by atoms with Gasteiger partial charge in [0.05, 0.1) is 24.7 Å². The van der Waals surface area contributed by atoms with Crippen molar-refractivity contribution in [3.05, 3.63) is 90.0 Å². The van der Waals surface area contributed by atoms with Crippen LogP contribution in [0.1, 0.15) is 18.0 Å². The Morgan fingerprint density at radius 2 is 1.48 bits per heavy atom. The van der Waals surface area contributed by atoms with Crippen molar-refractivity contribution in [3.63, 3.8) is 0 Å². The lowest BCUT2D eigenvalue weighted by molar-refractivity contribution is -0.136. The molecular formula is C24H21F2NO4. The number of phenols is 1. The van der Waals surface area contributed by atoms with Gasteiger partial charge in [0.1, 0.15) is 23.1 Å². The number of rotatable bonds is 7. The summed E-state index contributed by atoms with van der Waals surface area (Å²) in [6.07, 6.45) is -0.789. The quantitative estimate of drug-likeness (QED) is 0.557. The Kier molecular flexibility index (Phi) is 5.86. The number of aliphatic hydroxyl groups excluding tert-OH is 1. The van der Waals surface area contributed by atoms with E-state index in [0.717, 1.165) is 5.56 Å². The molecule has 0 spiro atoms. The number of phenolic OH excluding ortho intramolecular Hbond substituents is 1. The fraction of sp³-hybridized carbons (Fsp3) is 0.208. The van der Waals surface area contributed by atoms with Gasteiger partial charge in [-0.15, -0.1) is 0 Å². The van der Waals surface area contributed by atoms with E-state index in [0.29, 0.717) is 11.4 Å². The highest BCUT2D eigenvalue weighted by molar-refractivity contribution is 6.03. The van der Waals surface area contributed by atoms with E-state index in [1.165, 1.54) is 65.6 Å². The smallest absolute Gasteiger partial charge is 0.235 e. The van der Waals surface area contributed by atoms with Crippen LogP contribution in [0.15, 0.2) is 72.8 Å². The molecule has 3 atom stereocenters. The summed E-state index contributed by atoms with van der Waals surface area (Å²) in [5.74, 6) is -1.22. The topological polar surface area (TPSA) is 70.0 Å². The zero-order valence-corrected chi connectivity index (χ0v) is 16.5. The number of aliphatic hydroxyl groups is 1. The van der Waals surface area contributed by atoms with Gasteiger partial charge < -0.3 is 19.8 Å². The zero-order chi connectivity index (χ0) is 22.0. The normalized spacial score (nSPS) is 19.1. The Balaban J connectivity index is 1.50. The Labute approximate surface area is 178 Å². The molecule has 4 rings (SSSR count). The van der Waals surface area contributed by atoms with Gasteiger partial charge in [0, 0.05) is 12.1 Å². The number of aromatic hydroxyl groups is 1. The molecule has 1 heterocycles. The lowest BCUT2D eigenvalue weighted by Crippen LogP contribution is -2.59. The molecule has 1 aliphatic rings. The average Bonchev–Trinajstić information content (AvgIpc) is 2.76. The largest absolute Gasteiger partial charge is 0.508 e. The predicted molar refractivity (Wildman–Crippen MR) is 111 cm³/mol. The number of anilines is 1. The summed E-state index contributed by atoms with van der Waals surface area (Å²) in [4.78, 5) is 14.5. The number of carbonyl (C=O) groups is 1. The van der Waals surface area contributed by atoms with Crippen LogP contribution in [-0.2, 0) is 4.79 Å². The minimum atomic E-state index is -0.983. The van der Waals surface area contributed by atoms with Crippen molar-refractivity contribution in [2.75, 3.05) is 11.5 Å². The molecule has 1 fully saturated rings. The van der Waals surface area contributed by atoms with E-state index in [9.17, 15) is 23.8 Å². The van der Waals surface area contributed by atoms with Gasteiger partial charge in [0.2, 0.25) is 5.91 Å². The Hall–Kier alpha value is -3.45. The average molecular weight is 425 g/mol. The van der Waals surface area contributed by atoms with Gasteiger partial charge in [-0.1, -0.05) is 12.1 Å². The van der Waals surface area contributed by atoms with Crippen LogP contribution in [0.3, 0.4) is 0 Å². The van der Waals surface area contributed by atoms with Crippen molar-refractivity contribution in [1.29, 1.82) is 0 Å². The molecule has 0 unspecified atom stereocenters. The van der Waals surface area contributed by atoms with E-state index >= 15 is 0 Å². The molecule has 7 heteroatoms. The highest BCUT2D eigenvalue weighted by Gasteiger charge is 2.52. The molecule has 0 aromatic heterocycles. The van der Waals surface area contributed by atoms with Crippen molar-refractivity contribution >= 4 is 11.6 Å². The fourth-order valence-electron chi connectivity index (χ4n) is 3.81. The molecule has 0 radical (unpaired) electrons. The van der Waals surface area contributed by atoms with Crippen LogP contribution in [0.4, 0.5) is 14.5 Å². The van der Waals surface area contributed by atoms with Gasteiger partial charge >= 0.3 is 0 Å². The van der Waals surface area contributed by atoms with E-state index in [4.69, 9.17) is 4.74 Å². The molecule has 5 nitrogen and oxygen atoms in total. The molecule has 1 saturated heterocycles. The monoisotopic (exact) mass is 425 g/mol. The summed E-state index contributed by atoms with van der Waals surface area (Å²) >= 11 is 0. The number of halogens is 2. The lowest BCUT2D eigenvalue weighted by atomic mass is 9.77. The first-order valence-electron chi connectivity index (χ1n) is 9.88. The van der Waals surface area contributed by atoms with Crippen LogP contribution in [0.25, 0.3) is 0 Å². The first kappa shape index (κ1) is 20.8. The third-order valence-electron chi connectivity index (χ3n) is 5.39. The second kappa shape index (κ2) is 8.73. The SMILES string of the molecule is O=C1[C@H]([C@H](O)CCOc2ccc(F)cc2)[C@@H](c2ccc(O)cc2)N1c1ccc(F)cc1. The molecule has 3 aromatic carbocycles. The third-order valence-corrected chi connectivity index (χ3v) is 5.39. The Bertz CT molecular complexity index is 1040. The summed E-state index contributed by atoms with van der Waals surface area (Å²) in [6, 6.07) is 17.1. The first-order valence-corrected chi connectivity index (χ1v) is 9.88. The van der Waals surface area contributed by atoms with Crippen LogP contribution in [-0.4, -0.2) is 28.8 Å². The molecule has 160 valence electrons. The van der Waals surface area contributed by atoms with Crippen LogP contribution < -0.4 is 9.64 Å². The van der Waals surface area contributed by atoms with Crippen molar-refractivity contribution in [3.8, 4) is 11.5 Å².